The number of carbonyl (C=O) groups excluding carboxylic acids is 1. The Hall–Kier alpha value is -3.42. The van der Waals surface area contributed by atoms with E-state index in [1.807, 2.05) is 18.2 Å². The minimum atomic E-state index is -2.60. The molecule has 8 heteroatoms. The van der Waals surface area contributed by atoms with Gasteiger partial charge in [0.05, 0.1) is 6.20 Å². The molecule has 1 aromatic heterocycles. The van der Waals surface area contributed by atoms with E-state index >= 15 is 0 Å². The lowest BCUT2D eigenvalue weighted by Crippen LogP contribution is -2.36. The summed E-state index contributed by atoms with van der Waals surface area (Å²) in [5.41, 5.74) is 11.9. The van der Waals surface area contributed by atoms with Gasteiger partial charge in [-0.2, -0.15) is 5.10 Å². The highest BCUT2D eigenvalue weighted by molar-refractivity contribution is 5.78. The number of primary amides is 1. The molecule has 0 bridgehead atoms. The van der Waals surface area contributed by atoms with Crippen LogP contribution in [0.3, 0.4) is 0 Å². The van der Waals surface area contributed by atoms with Crippen molar-refractivity contribution < 1.29 is 13.6 Å². The Bertz CT molecular complexity index is 1210. The Morgan fingerprint density at radius 3 is 2.61 bits per heavy atom. The van der Waals surface area contributed by atoms with Crippen LogP contribution in [0.1, 0.15) is 41.5 Å². The number of nitrogens with two attached hydrogens (primary N) is 1. The number of hydrogen-bond donors (Lipinski definition) is 1. The molecule has 2 aromatic carbocycles. The average molecular weight is 452 g/mol. The van der Waals surface area contributed by atoms with Crippen molar-refractivity contribution >= 4 is 17.4 Å². The maximum Gasteiger partial charge on any atom is 0.315 e. The van der Waals surface area contributed by atoms with E-state index in [-0.39, 0.29) is 5.56 Å². The van der Waals surface area contributed by atoms with Gasteiger partial charge in [0.25, 0.3) is 6.43 Å². The van der Waals surface area contributed by atoms with E-state index in [1.54, 1.807) is 35.1 Å². The second kappa shape index (κ2) is 8.50. The van der Waals surface area contributed by atoms with Crippen molar-refractivity contribution in [1.82, 2.24) is 14.7 Å². The van der Waals surface area contributed by atoms with Gasteiger partial charge >= 0.3 is 6.03 Å². The lowest BCUT2D eigenvalue weighted by molar-refractivity contribution is 0.152. The molecule has 0 aliphatic carbocycles. The largest absolute Gasteiger partial charge is 0.351 e. The van der Waals surface area contributed by atoms with Gasteiger partial charge in [0.15, 0.2) is 0 Å². The summed E-state index contributed by atoms with van der Waals surface area (Å²) in [5, 5.41) is 4.17. The zero-order valence-corrected chi connectivity index (χ0v) is 18.6. The number of hydrogen-bond acceptors (Lipinski definition) is 3. The molecule has 0 spiro atoms. The van der Waals surface area contributed by atoms with E-state index in [9.17, 15) is 13.6 Å². The molecule has 0 saturated carbocycles. The van der Waals surface area contributed by atoms with Crippen molar-refractivity contribution in [2.24, 2.45) is 12.8 Å². The predicted octanol–water partition coefficient (Wildman–Crippen LogP) is 4.94. The molecule has 33 heavy (non-hydrogen) atoms. The number of anilines is 2. The molecule has 6 nitrogen and oxygen atoms in total. The van der Waals surface area contributed by atoms with Crippen LogP contribution in [0.2, 0.25) is 0 Å². The molecule has 0 saturated heterocycles. The molecule has 5 rings (SSSR count). The summed E-state index contributed by atoms with van der Waals surface area (Å²) in [5.74, 6) is 0. The van der Waals surface area contributed by atoms with Crippen LogP contribution in [0.15, 0.2) is 42.7 Å². The van der Waals surface area contributed by atoms with Crippen LogP contribution in [-0.2, 0) is 26.4 Å². The maximum atomic E-state index is 14.2. The van der Waals surface area contributed by atoms with Crippen molar-refractivity contribution in [2.75, 3.05) is 18.0 Å². The number of fused-ring (bicyclic) bond motifs is 2. The molecule has 3 aromatic rings. The number of halogens is 2. The third kappa shape index (κ3) is 3.94. The van der Waals surface area contributed by atoms with E-state index in [4.69, 9.17) is 5.73 Å². The summed E-state index contributed by atoms with van der Waals surface area (Å²) in [7, 11) is 1.78. The molecule has 3 heterocycles. The third-order valence-corrected chi connectivity index (χ3v) is 6.69. The number of aryl methyl sites for hydroxylation is 3. The first-order chi connectivity index (χ1) is 15.9. The van der Waals surface area contributed by atoms with Gasteiger partial charge in [0.1, 0.15) is 0 Å². The number of alkyl halides is 2. The molecule has 0 unspecified atom stereocenters. The first-order valence-electron chi connectivity index (χ1n) is 11.3. The minimum Gasteiger partial charge on any atom is -0.351 e. The second-order valence-corrected chi connectivity index (χ2v) is 8.80. The van der Waals surface area contributed by atoms with Gasteiger partial charge in [-0.1, -0.05) is 12.1 Å². The SMILES string of the molecule is Cn1cc(-c2cc3c(cc2C(F)F)N(c2cccc4c2CN(C(N)=O)CCC4)CCC3)cn1. The van der Waals surface area contributed by atoms with Crippen molar-refractivity contribution in [3.63, 3.8) is 0 Å². The Labute approximate surface area is 191 Å². The van der Waals surface area contributed by atoms with Crippen LogP contribution in [0.25, 0.3) is 11.1 Å². The van der Waals surface area contributed by atoms with E-state index in [0.29, 0.717) is 24.2 Å². The fourth-order valence-corrected chi connectivity index (χ4v) is 5.10. The summed E-state index contributed by atoms with van der Waals surface area (Å²) in [4.78, 5) is 15.7. The fraction of sp³-hybridized carbons (Fsp3) is 0.360. The maximum absolute atomic E-state index is 14.2. The molecule has 172 valence electrons. The summed E-state index contributed by atoms with van der Waals surface area (Å²) in [6.45, 7) is 1.78. The topological polar surface area (TPSA) is 67.4 Å². The van der Waals surface area contributed by atoms with Gasteiger partial charge in [-0.25, -0.2) is 13.6 Å². The monoisotopic (exact) mass is 451 g/mol. The second-order valence-electron chi connectivity index (χ2n) is 8.80. The molecule has 2 aliphatic heterocycles. The van der Waals surface area contributed by atoms with Crippen LogP contribution in [-0.4, -0.2) is 33.8 Å². The van der Waals surface area contributed by atoms with E-state index in [1.165, 1.54) is 5.56 Å². The van der Waals surface area contributed by atoms with Gasteiger partial charge in [-0.05, 0) is 66.1 Å². The van der Waals surface area contributed by atoms with Gasteiger partial charge in [0, 0.05) is 55.4 Å². The molecular weight excluding hydrogens is 424 g/mol. The Morgan fingerprint density at radius 2 is 1.88 bits per heavy atom. The normalized spacial score (nSPS) is 15.9. The number of rotatable bonds is 3. The van der Waals surface area contributed by atoms with Crippen LogP contribution in [0.4, 0.5) is 25.0 Å². The van der Waals surface area contributed by atoms with Gasteiger partial charge in [0.2, 0.25) is 0 Å². The predicted molar refractivity (Wildman–Crippen MR) is 124 cm³/mol. The number of aromatic nitrogens is 2. The van der Waals surface area contributed by atoms with Crippen molar-refractivity contribution in [3.05, 3.63) is 65.0 Å². The lowest BCUT2D eigenvalue weighted by atomic mass is 9.92. The highest BCUT2D eigenvalue weighted by Gasteiger charge is 2.28. The molecule has 2 amide bonds. The summed E-state index contributed by atoms with van der Waals surface area (Å²) in [6.07, 6.45) is 4.23. The molecule has 2 N–H and O–H groups in total. The minimum absolute atomic E-state index is 0.00873. The first-order valence-corrected chi connectivity index (χ1v) is 11.3. The van der Waals surface area contributed by atoms with Crippen molar-refractivity contribution in [3.8, 4) is 11.1 Å². The number of amides is 2. The number of carbonyl (C=O) groups is 1. The number of nitrogens with zero attached hydrogens (tertiary/aromatic N) is 4. The van der Waals surface area contributed by atoms with Crippen LogP contribution in [0.5, 0.6) is 0 Å². The van der Waals surface area contributed by atoms with Gasteiger partial charge < -0.3 is 15.5 Å². The number of benzene rings is 2. The first kappa shape index (κ1) is 21.4. The Kier molecular flexibility index (Phi) is 5.52. The zero-order chi connectivity index (χ0) is 23.1. The van der Waals surface area contributed by atoms with Gasteiger partial charge in [-0.3, -0.25) is 4.68 Å². The zero-order valence-electron chi connectivity index (χ0n) is 18.6. The highest BCUT2D eigenvalue weighted by atomic mass is 19.3. The van der Waals surface area contributed by atoms with Crippen molar-refractivity contribution in [1.29, 1.82) is 0 Å². The van der Waals surface area contributed by atoms with Crippen molar-refractivity contribution in [2.45, 2.75) is 38.7 Å². The number of urea groups is 1. The van der Waals surface area contributed by atoms with E-state index in [0.717, 1.165) is 54.7 Å². The van der Waals surface area contributed by atoms with E-state index < -0.39 is 12.5 Å². The van der Waals surface area contributed by atoms with Crippen LogP contribution in [0, 0.1) is 0 Å². The summed E-state index contributed by atoms with van der Waals surface area (Å²) < 4.78 is 30.0. The lowest BCUT2D eigenvalue weighted by Gasteiger charge is -2.35. The van der Waals surface area contributed by atoms with Crippen LogP contribution >= 0.6 is 0 Å². The molecule has 0 radical (unpaired) electrons. The molecular formula is C25H27F2N5O. The molecule has 0 fully saturated rings. The Balaban J connectivity index is 1.63. The van der Waals surface area contributed by atoms with E-state index in [2.05, 4.69) is 16.1 Å². The average Bonchev–Trinajstić information content (AvgIpc) is 3.10. The highest BCUT2D eigenvalue weighted by Crippen LogP contribution is 2.43. The van der Waals surface area contributed by atoms with Crippen LogP contribution < -0.4 is 10.6 Å². The standard InChI is InChI=1S/C25H27F2N5O/c1-30-14-18(13-29-30)19-11-17-7-4-10-32(23(17)12-20(19)24(26)27)22-8-2-5-16-6-3-9-31(25(28)33)15-21(16)22/h2,5,8,11-14,24H,3-4,6-7,9-10,15H2,1H3,(H2,28,33). The van der Waals surface area contributed by atoms with Gasteiger partial charge in [-0.15, -0.1) is 0 Å². The third-order valence-electron chi connectivity index (χ3n) is 6.69. The Morgan fingerprint density at radius 1 is 1.09 bits per heavy atom. The summed E-state index contributed by atoms with van der Waals surface area (Å²) in [6, 6.07) is 9.24. The summed E-state index contributed by atoms with van der Waals surface area (Å²) >= 11 is 0. The quantitative estimate of drug-likeness (QED) is 0.614. The fourth-order valence-electron chi connectivity index (χ4n) is 5.10. The molecule has 0 atom stereocenters. The smallest absolute Gasteiger partial charge is 0.315 e. The molecule has 2 aliphatic rings.